The predicted molar refractivity (Wildman–Crippen MR) is 286 cm³/mol. The molecule has 1 aliphatic heterocycles. The number of aliphatic hydroxyl groups excluding tert-OH is 5. The van der Waals surface area contributed by atoms with E-state index in [9.17, 15) is 30.3 Å². The average molecular weight is 965 g/mol. The van der Waals surface area contributed by atoms with E-state index in [0.717, 1.165) is 38.5 Å². The summed E-state index contributed by atoms with van der Waals surface area (Å²) in [5.74, 6) is -0.181. The first-order chi connectivity index (χ1) is 33.3. The normalized spacial score (nSPS) is 19.7. The van der Waals surface area contributed by atoms with E-state index in [4.69, 9.17) is 9.47 Å². The molecule has 9 heteroatoms. The maximum absolute atomic E-state index is 13.0. The molecule has 0 saturated carbocycles. The maximum Gasteiger partial charge on any atom is 0.220 e. The highest BCUT2D eigenvalue weighted by Crippen LogP contribution is 2.23. The van der Waals surface area contributed by atoms with Crippen LogP contribution in [0.15, 0.2) is 24.3 Å². The Kier molecular flexibility index (Phi) is 46.9. The Hall–Kier alpha value is -1.33. The van der Waals surface area contributed by atoms with Crippen LogP contribution in [0.4, 0.5) is 0 Å². The molecule has 0 radical (unpaired) electrons. The van der Waals surface area contributed by atoms with Crippen LogP contribution in [0.1, 0.15) is 290 Å². The van der Waals surface area contributed by atoms with Crippen LogP contribution < -0.4 is 5.32 Å². The second kappa shape index (κ2) is 49.3. The second-order valence-electron chi connectivity index (χ2n) is 20.8. The molecule has 9 nitrogen and oxygen atoms in total. The third-order valence-corrected chi connectivity index (χ3v) is 14.3. The number of unbranched alkanes of at least 4 members (excludes halogenated alkanes) is 39. The minimum atomic E-state index is -1.57. The number of hydrogen-bond donors (Lipinski definition) is 6. The zero-order valence-corrected chi connectivity index (χ0v) is 44.6. The Morgan fingerprint density at radius 3 is 1.24 bits per heavy atom. The lowest BCUT2D eigenvalue weighted by Gasteiger charge is -2.40. The first-order valence-electron chi connectivity index (χ1n) is 29.6. The molecule has 1 rings (SSSR count). The second-order valence-corrected chi connectivity index (χ2v) is 20.8. The van der Waals surface area contributed by atoms with Crippen molar-refractivity contribution in [2.75, 3.05) is 13.2 Å². The third kappa shape index (κ3) is 38.4. The molecule has 402 valence electrons. The van der Waals surface area contributed by atoms with Gasteiger partial charge < -0.3 is 40.3 Å². The fraction of sp³-hybridized carbons (Fsp3) is 0.915. The molecule has 1 aliphatic rings. The summed E-state index contributed by atoms with van der Waals surface area (Å²) in [4.78, 5) is 13.0. The number of amides is 1. The van der Waals surface area contributed by atoms with Gasteiger partial charge in [-0.2, -0.15) is 0 Å². The van der Waals surface area contributed by atoms with Crippen molar-refractivity contribution in [3.05, 3.63) is 24.3 Å². The smallest absolute Gasteiger partial charge is 0.220 e. The Morgan fingerprint density at radius 2 is 0.838 bits per heavy atom. The van der Waals surface area contributed by atoms with Crippen LogP contribution in [0.3, 0.4) is 0 Å². The molecule has 0 bridgehead atoms. The molecule has 1 amide bonds. The standard InChI is InChI=1S/C59H113NO8/c1-3-5-7-9-11-13-15-17-19-21-23-24-25-26-27-28-29-30-31-32-34-36-38-40-42-44-46-48-53(62)52(51-67-59-58(66)57(65)56(64)54(50-61)68-59)60-55(63)49-47-45-43-41-39-37-35-33-22-20-18-16-14-12-10-8-6-4-2/h38,40,46,48,52-54,56-59,61-62,64-66H,3-37,39,41-45,47,49-51H2,1-2H3,(H,60,63)/b40-38+,48-46+. The summed E-state index contributed by atoms with van der Waals surface area (Å²) >= 11 is 0. The molecule has 1 saturated heterocycles. The molecule has 0 spiro atoms. The van der Waals surface area contributed by atoms with Gasteiger partial charge in [0.15, 0.2) is 6.29 Å². The van der Waals surface area contributed by atoms with Crippen molar-refractivity contribution >= 4 is 5.91 Å². The van der Waals surface area contributed by atoms with Crippen molar-refractivity contribution in [3.63, 3.8) is 0 Å². The summed E-state index contributed by atoms with van der Waals surface area (Å²) in [6.45, 7) is 3.80. The van der Waals surface area contributed by atoms with Gasteiger partial charge in [-0.1, -0.05) is 276 Å². The van der Waals surface area contributed by atoms with E-state index in [0.29, 0.717) is 6.42 Å². The monoisotopic (exact) mass is 964 g/mol. The summed E-state index contributed by atoms with van der Waals surface area (Å²) < 4.78 is 11.3. The summed E-state index contributed by atoms with van der Waals surface area (Å²) in [5.41, 5.74) is 0. The van der Waals surface area contributed by atoms with Crippen LogP contribution in [0.25, 0.3) is 0 Å². The van der Waals surface area contributed by atoms with Gasteiger partial charge in [-0.3, -0.25) is 4.79 Å². The Bertz CT molecular complexity index is 1120. The van der Waals surface area contributed by atoms with Gasteiger partial charge in [0.2, 0.25) is 5.91 Å². The summed E-state index contributed by atoms with van der Waals surface area (Å²) in [7, 11) is 0. The fourth-order valence-corrected chi connectivity index (χ4v) is 9.59. The minimum absolute atomic E-state index is 0.181. The van der Waals surface area contributed by atoms with Gasteiger partial charge in [0.05, 0.1) is 25.4 Å². The first-order valence-corrected chi connectivity index (χ1v) is 29.6. The summed E-state index contributed by atoms with van der Waals surface area (Å²) in [6.07, 6.45) is 55.4. The van der Waals surface area contributed by atoms with Crippen molar-refractivity contribution in [1.29, 1.82) is 0 Å². The first kappa shape index (κ1) is 64.7. The zero-order chi connectivity index (χ0) is 49.4. The van der Waals surface area contributed by atoms with Crippen LogP contribution in [-0.4, -0.2) is 87.5 Å². The number of carbonyl (C=O) groups is 1. The van der Waals surface area contributed by atoms with Gasteiger partial charge in [0, 0.05) is 6.42 Å². The number of hydrogen-bond acceptors (Lipinski definition) is 8. The van der Waals surface area contributed by atoms with Gasteiger partial charge in [0.25, 0.3) is 0 Å². The van der Waals surface area contributed by atoms with Crippen LogP contribution >= 0.6 is 0 Å². The maximum atomic E-state index is 13.0. The fourth-order valence-electron chi connectivity index (χ4n) is 9.59. The number of aliphatic hydroxyl groups is 5. The van der Waals surface area contributed by atoms with Crippen LogP contribution in [-0.2, 0) is 14.3 Å². The van der Waals surface area contributed by atoms with Crippen molar-refractivity contribution in [1.82, 2.24) is 5.32 Å². The average Bonchev–Trinajstić information content (AvgIpc) is 3.34. The van der Waals surface area contributed by atoms with E-state index < -0.39 is 49.5 Å². The molecule has 0 aromatic rings. The molecule has 68 heavy (non-hydrogen) atoms. The van der Waals surface area contributed by atoms with E-state index in [1.165, 1.54) is 231 Å². The Balaban J connectivity index is 2.22. The van der Waals surface area contributed by atoms with Crippen molar-refractivity contribution in [2.45, 2.75) is 333 Å². The largest absolute Gasteiger partial charge is 0.394 e. The molecule has 1 fully saturated rings. The van der Waals surface area contributed by atoms with Gasteiger partial charge >= 0.3 is 0 Å². The highest BCUT2D eigenvalue weighted by molar-refractivity contribution is 5.76. The van der Waals surface area contributed by atoms with E-state index in [2.05, 4.69) is 31.3 Å². The molecule has 0 aliphatic carbocycles. The van der Waals surface area contributed by atoms with Crippen LogP contribution in [0, 0.1) is 0 Å². The number of allylic oxidation sites excluding steroid dienone is 3. The van der Waals surface area contributed by atoms with E-state index >= 15 is 0 Å². The quantitative estimate of drug-likeness (QED) is 0.0261. The van der Waals surface area contributed by atoms with E-state index in [1.807, 2.05) is 6.08 Å². The molecule has 6 N–H and O–H groups in total. The lowest BCUT2D eigenvalue weighted by atomic mass is 9.99. The van der Waals surface area contributed by atoms with Gasteiger partial charge in [0.1, 0.15) is 24.4 Å². The van der Waals surface area contributed by atoms with Crippen LogP contribution in [0.2, 0.25) is 0 Å². The molecular formula is C59H113NO8. The Morgan fingerprint density at radius 1 is 0.485 bits per heavy atom. The number of rotatable bonds is 51. The van der Waals surface area contributed by atoms with E-state index in [-0.39, 0.29) is 12.5 Å². The summed E-state index contributed by atoms with van der Waals surface area (Å²) in [5, 5.41) is 54.5. The van der Waals surface area contributed by atoms with Gasteiger partial charge in [-0.05, 0) is 32.1 Å². The molecule has 0 aromatic heterocycles. The zero-order valence-electron chi connectivity index (χ0n) is 44.6. The highest BCUT2D eigenvalue weighted by Gasteiger charge is 2.44. The SMILES string of the molecule is CCCCCCCCCCCCCCCCCCCCCCC/C=C/CC/C=C/C(O)C(COC1OC(CO)C(O)C(O)C1O)NC(=O)CCCCCCCCCCCCCCCCCCCC. The number of carbonyl (C=O) groups excluding carboxylic acids is 1. The molecule has 0 aromatic carbocycles. The molecular weight excluding hydrogens is 851 g/mol. The summed E-state index contributed by atoms with van der Waals surface area (Å²) in [6, 6.07) is -0.818. The topological polar surface area (TPSA) is 149 Å². The van der Waals surface area contributed by atoms with Crippen molar-refractivity contribution in [2.24, 2.45) is 0 Å². The molecule has 7 unspecified atom stereocenters. The third-order valence-electron chi connectivity index (χ3n) is 14.3. The predicted octanol–water partition coefficient (Wildman–Crippen LogP) is 14.6. The molecule has 7 atom stereocenters. The lowest BCUT2D eigenvalue weighted by Crippen LogP contribution is -2.60. The van der Waals surface area contributed by atoms with Crippen molar-refractivity contribution in [3.8, 4) is 0 Å². The molecule has 1 heterocycles. The van der Waals surface area contributed by atoms with E-state index in [1.54, 1.807) is 6.08 Å². The number of ether oxygens (including phenoxy) is 2. The minimum Gasteiger partial charge on any atom is -0.394 e. The Labute approximate surface area is 419 Å². The lowest BCUT2D eigenvalue weighted by molar-refractivity contribution is -0.302. The van der Waals surface area contributed by atoms with Crippen LogP contribution in [0.5, 0.6) is 0 Å². The van der Waals surface area contributed by atoms with Gasteiger partial charge in [-0.25, -0.2) is 0 Å². The number of nitrogens with one attached hydrogen (secondary N) is 1. The van der Waals surface area contributed by atoms with Gasteiger partial charge in [-0.15, -0.1) is 0 Å². The highest BCUT2D eigenvalue weighted by atomic mass is 16.7. The van der Waals surface area contributed by atoms with Crippen molar-refractivity contribution < 1.29 is 39.8 Å².